The Bertz CT molecular complexity index is 551. The number of nitrogens with two attached hydrogens (primary N) is 1. The SMILES string of the molecule is Cc1nc(-c2ccc(C3CCCCC3)cc2)c(N)s1. The van der Waals surface area contributed by atoms with Crippen LogP contribution in [0.15, 0.2) is 24.3 Å². The van der Waals surface area contributed by atoms with Gasteiger partial charge in [0.25, 0.3) is 0 Å². The van der Waals surface area contributed by atoms with Gasteiger partial charge in [0, 0.05) is 5.56 Å². The van der Waals surface area contributed by atoms with E-state index < -0.39 is 0 Å². The molecule has 1 aromatic carbocycles. The van der Waals surface area contributed by atoms with Gasteiger partial charge in [-0.1, -0.05) is 43.5 Å². The maximum atomic E-state index is 6.01. The van der Waals surface area contributed by atoms with E-state index in [0.717, 1.165) is 27.2 Å². The molecule has 0 spiro atoms. The van der Waals surface area contributed by atoms with Gasteiger partial charge in [0.2, 0.25) is 0 Å². The topological polar surface area (TPSA) is 38.9 Å². The summed E-state index contributed by atoms with van der Waals surface area (Å²) in [5, 5.41) is 1.85. The zero-order valence-electron chi connectivity index (χ0n) is 11.4. The first-order chi connectivity index (χ1) is 9.24. The van der Waals surface area contributed by atoms with Crippen LogP contribution >= 0.6 is 11.3 Å². The number of aromatic nitrogens is 1. The summed E-state index contributed by atoms with van der Waals surface area (Å²) in [5.41, 5.74) is 9.57. The molecule has 0 saturated heterocycles. The van der Waals surface area contributed by atoms with Crippen molar-refractivity contribution in [3.05, 3.63) is 34.8 Å². The fourth-order valence-electron chi connectivity index (χ4n) is 3.00. The van der Waals surface area contributed by atoms with Gasteiger partial charge in [0.15, 0.2) is 0 Å². The summed E-state index contributed by atoms with van der Waals surface area (Å²) in [6, 6.07) is 8.88. The number of anilines is 1. The van der Waals surface area contributed by atoms with Gasteiger partial charge < -0.3 is 5.73 Å². The third kappa shape index (κ3) is 2.66. The highest BCUT2D eigenvalue weighted by atomic mass is 32.1. The van der Waals surface area contributed by atoms with E-state index in [1.807, 2.05) is 6.92 Å². The second-order valence-corrected chi connectivity index (χ2v) is 6.64. The molecule has 0 radical (unpaired) electrons. The number of hydrogen-bond donors (Lipinski definition) is 1. The molecular weight excluding hydrogens is 252 g/mol. The van der Waals surface area contributed by atoms with Crippen LogP contribution in [0.2, 0.25) is 0 Å². The molecule has 2 nitrogen and oxygen atoms in total. The molecule has 1 aliphatic carbocycles. The van der Waals surface area contributed by atoms with Crippen molar-refractivity contribution in [2.24, 2.45) is 0 Å². The van der Waals surface area contributed by atoms with Crippen LogP contribution in [-0.2, 0) is 0 Å². The molecule has 0 amide bonds. The summed E-state index contributed by atoms with van der Waals surface area (Å²) in [6.07, 6.45) is 6.85. The highest BCUT2D eigenvalue weighted by molar-refractivity contribution is 7.16. The Morgan fingerprint density at radius 1 is 1.11 bits per heavy atom. The Kier molecular flexibility index (Phi) is 3.56. The normalized spacial score (nSPS) is 16.7. The van der Waals surface area contributed by atoms with E-state index in [9.17, 15) is 0 Å². The van der Waals surface area contributed by atoms with Crippen molar-refractivity contribution < 1.29 is 0 Å². The first kappa shape index (κ1) is 12.7. The Balaban J connectivity index is 1.84. The molecule has 1 saturated carbocycles. The predicted octanol–water partition coefficient (Wildman–Crippen LogP) is 4.75. The molecule has 0 aliphatic heterocycles. The average molecular weight is 272 g/mol. The quantitative estimate of drug-likeness (QED) is 0.857. The Labute approximate surface area is 118 Å². The summed E-state index contributed by atoms with van der Waals surface area (Å²) in [7, 11) is 0. The maximum Gasteiger partial charge on any atom is 0.114 e. The number of thiazole rings is 1. The molecule has 1 aliphatic rings. The van der Waals surface area contributed by atoms with Crippen LogP contribution in [0, 0.1) is 6.92 Å². The summed E-state index contributed by atoms with van der Waals surface area (Å²) in [6.45, 7) is 2.00. The van der Waals surface area contributed by atoms with E-state index in [0.29, 0.717) is 0 Å². The summed E-state index contributed by atoms with van der Waals surface area (Å²) in [4.78, 5) is 4.52. The van der Waals surface area contributed by atoms with E-state index >= 15 is 0 Å². The van der Waals surface area contributed by atoms with Crippen LogP contribution in [0.3, 0.4) is 0 Å². The maximum absolute atomic E-state index is 6.01. The molecule has 100 valence electrons. The van der Waals surface area contributed by atoms with Gasteiger partial charge in [-0.25, -0.2) is 4.98 Å². The number of aryl methyl sites for hydroxylation is 1. The van der Waals surface area contributed by atoms with E-state index in [1.54, 1.807) is 11.3 Å². The highest BCUT2D eigenvalue weighted by Gasteiger charge is 2.16. The molecule has 0 atom stereocenters. The van der Waals surface area contributed by atoms with Crippen molar-refractivity contribution in [3.8, 4) is 11.3 Å². The molecule has 2 aromatic rings. The molecule has 3 heteroatoms. The van der Waals surface area contributed by atoms with Gasteiger partial charge in [-0.15, -0.1) is 11.3 Å². The van der Waals surface area contributed by atoms with Crippen LogP contribution in [0.4, 0.5) is 5.00 Å². The van der Waals surface area contributed by atoms with Crippen molar-refractivity contribution in [3.63, 3.8) is 0 Å². The lowest BCUT2D eigenvalue weighted by Gasteiger charge is -2.22. The summed E-state index contributed by atoms with van der Waals surface area (Å²) in [5.74, 6) is 0.761. The molecule has 0 unspecified atom stereocenters. The van der Waals surface area contributed by atoms with Crippen molar-refractivity contribution in [2.45, 2.75) is 44.9 Å². The van der Waals surface area contributed by atoms with Gasteiger partial charge in [-0.2, -0.15) is 0 Å². The van der Waals surface area contributed by atoms with Crippen LogP contribution < -0.4 is 5.73 Å². The largest absolute Gasteiger partial charge is 0.389 e. The number of nitrogens with zero attached hydrogens (tertiary/aromatic N) is 1. The van der Waals surface area contributed by atoms with Crippen LogP contribution in [-0.4, -0.2) is 4.98 Å². The molecule has 1 aromatic heterocycles. The molecular formula is C16H20N2S. The molecule has 1 fully saturated rings. The van der Waals surface area contributed by atoms with E-state index in [-0.39, 0.29) is 0 Å². The highest BCUT2D eigenvalue weighted by Crippen LogP contribution is 2.35. The average Bonchev–Trinajstić information content (AvgIpc) is 2.79. The molecule has 0 bridgehead atoms. The van der Waals surface area contributed by atoms with Gasteiger partial charge in [-0.3, -0.25) is 0 Å². The van der Waals surface area contributed by atoms with Crippen molar-refractivity contribution in [1.82, 2.24) is 4.98 Å². The smallest absolute Gasteiger partial charge is 0.114 e. The molecule has 1 heterocycles. The molecule has 2 N–H and O–H groups in total. The van der Waals surface area contributed by atoms with Crippen molar-refractivity contribution >= 4 is 16.3 Å². The zero-order valence-corrected chi connectivity index (χ0v) is 12.2. The number of hydrogen-bond acceptors (Lipinski definition) is 3. The second-order valence-electron chi connectivity index (χ2n) is 5.40. The Morgan fingerprint density at radius 2 is 1.79 bits per heavy atom. The zero-order chi connectivity index (χ0) is 13.2. The molecule has 19 heavy (non-hydrogen) atoms. The Hall–Kier alpha value is -1.35. The predicted molar refractivity (Wildman–Crippen MR) is 82.5 cm³/mol. The first-order valence-corrected chi connectivity index (χ1v) is 7.89. The van der Waals surface area contributed by atoms with Crippen molar-refractivity contribution in [2.75, 3.05) is 5.73 Å². The minimum Gasteiger partial charge on any atom is -0.389 e. The third-order valence-electron chi connectivity index (χ3n) is 4.02. The van der Waals surface area contributed by atoms with E-state index in [1.165, 1.54) is 37.7 Å². The van der Waals surface area contributed by atoms with Gasteiger partial charge >= 0.3 is 0 Å². The van der Waals surface area contributed by atoms with E-state index in [2.05, 4.69) is 29.2 Å². The fraction of sp³-hybridized carbons (Fsp3) is 0.438. The lowest BCUT2D eigenvalue weighted by molar-refractivity contribution is 0.443. The number of benzene rings is 1. The standard InChI is InChI=1S/C16H20N2S/c1-11-18-15(16(17)19-11)14-9-7-13(8-10-14)12-5-3-2-4-6-12/h7-10,12H,2-6,17H2,1H3. The lowest BCUT2D eigenvalue weighted by atomic mass is 9.84. The monoisotopic (exact) mass is 272 g/mol. The fourth-order valence-corrected chi connectivity index (χ4v) is 3.71. The number of rotatable bonds is 2. The number of nitrogen functional groups attached to an aromatic ring is 1. The molecule has 3 rings (SSSR count). The van der Waals surface area contributed by atoms with E-state index in [4.69, 9.17) is 5.73 Å². The van der Waals surface area contributed by atoms with Gasteiger partial charge in [-0.05, 0) is 31.2 Å². The minimum atomic E-state index is 0.761. The second kappa shape index (κ2) is 5.33. The summed E-state index contributed by atoms with van der Waals surface area (Å²) >= 11 is 1.56. The summed E-state index contributed by atoms with van der Waals surface area (Å²) < 4.78 is 0. The Morgan fingerprint density at radius 3 is 2.37 bits per heavy atom. The van der Waals surface area contributed by atoms with Crippen LogP contribution in [0.5, 0.6) is 0 Å². The van der Waals surface area contributed by atoms with Crippen molar-refractivity contribution in [1.29, 1.82) is 0 Å². The third-order valence-corrected chi connectivity index (χ3v) is 4.82. The van der Waals surface area contributed by atoms with Gasteiger partial charge in [0.05, 0.1) is 5.01 Å². The van der Waals surface area contributed by atoms with Crippen LogP contribution in [0.25, 0.3) is 11.3 Å². The van der Waals surface area contributed by atoms with Gasteiger partial charge in [0.1, 0.15) is 10.7 Å². The van der Waals surface area contributed by atoms with Crippen LogP contribution in [0.1, 0.15) is 48.6 Å². The first-order valence-electron chi connectivity index (χ1n) is 7.07. The lowest BCUT2D eigenvalue weighted by Crippen LogP contribution is -2.04. The minimum absolute atomic E-state index is 0.761.